The number of rotatable bonds is 5. The molecule has 1 saturated carbocycles. The lowest BCUT2D eigenvalue weighted by Gasteiger charge is -2.32. The number of nitrogens with zero attached hydrogens (tertiary/aromatic N) is 4. The summed E-state index contributed by atoms with van der Waals surface area (Å²) < 4.78 is 7.50. The molecule has 2 aliphatic rings. The maximum Gasteiger partial charge on any atom is 0.191 e. The Morgan fingerprint density at radius 2 is 2.10 bits per heavy atom. The average Bonchev–Trinajstić information content (AvgIpc) is 3.38. The Bertz CT molecular complexity index is 874. The topological polar surface area (TPSA) is 76.4 Å². The molecule has 2 N–H and O–H groups in total. The van der Waals surface area contributed by atoms with E-state index in [-0.39, 0.29) is 35.4 Å². The van der Waals surface area contributed by atoms with E-state index in [1.807, 2.05) is 24.7 Å². The third kappa shape index (κ3) is 4.73. The summed E-state index contributed by atoms with van der Waals surface area (Å²) in [7, 11) is 3.57. The van der Waals surface area contributed by atoms with E-state index in [0.29, 0.717) is 0 Å². The van der Waals surface area contributed by atoms with Crippen molar-refractivity contribution in [3.8, 4) is 5.75 Å². The van der Waals surface area contributed by atoms with Crippen molar-refractivity contribution in [2.24, 2.45) is 4.99 Å². The van der Waals surface area contributed by atoms with Crippen LogP contribution in [0.1, 0.15) is 61.8 Å². The van der Waals surface area contributed by atoms with Crippen LogP contribution in [0.25, 0.3) is 0 Å². The summed E-state index contributed by atoms with van der Waals surface area (Å²) >= 11 is 0. The number of halogens is 1. The highest BCUT2D eigenvalue weighted by molar-refractivity contribution is 14.0. The molecule has 0 spiro atoms. The summed E-state index contributed by atoms with van der Waals surface area (Å²) in [6, 6.07) is 8.68. The summed E-state index contributed by atoms with van der Waals surface area (Å²) in [4.78, 5) is 9.12. The minimum Gasteiger partial charge on any atom is -0.497 e. The zero-order valence-corrected chi connectivity index (χ0v) is 20.5. The Morgan fingerprint density at radius 1 is 1.30 bits per heavy atom. The molecule has 1 aliphatic carbocycles. The van der Waals surface area contributed by atoms with Gasteiger partial charge in [0.05, 0.1) is 13.2 Å². The molecule has 30 heavy (non-hydrogen) atoms. The van der Waals surface area contributed by atoms with Crippen molar-refractivity contribution in [1.29, 1.82) is 0 Å². The number of hydrogen-bond donors (Lipinski definition) is 2. The van der Waals surface area contributed by atoms with E-state index in [1.165, 1.54) is 31.2 Å². The number of ether oxygens (including phenoxy) is 1. The largest absolute Gasteiger partial charge is 0.497 e. The molecule has 1 atom stereocenters. The predicted molar refractivity (Wildman–Crippen MR) is 130 cm³/mol. The predicted octanol–water partition coefficient (Wildman–Crippen LogP) is 3.73. The van der Waals surface area contributed by atoms with Crippen LogP contribution in [-0.2, 0) is 12.0 Å². The quantitative estimate of drug-likeness (QED) is 0.354. The van der Waals surface area contributed by atoms with Gasteiger partial charge in [0, 0.05) is 25.6 Å². The lowest BCUT2D eigenvalue weighted by atomic mass is 9.78. The number of methoxy groups -OCH3 is 1. The van der Waals surface area contributed by atoms with Gasteiger partial charge in [-0.2, -0.15) is 5.10 Å². The van der Waals surface area contributed by atoms with E-state index in [0.717, 1.165) is 49.3 Å². The number of aryl methyl sites for hydroxylation is 2. The average molecular weight is 524 g/mol. The van der Waals surface area contributed by atoms with Crippen molar-refractivity contribution < 1.29 is 4.74 Å². The van der Waals surface area contributed by atoms with Crippen molar-refractivity contribution in [2.75, 3.05) is 20.7 Å². The molecule has 0 radical (unpaired) electrons. The van der Waals surface area contributed by atoms with Gasteiger partial charge < -0.3 is 15.4 Å². The fourth-order valence-electron chi connectivity index (χ4n) is 4.79. The monoisotopic (exact) mass is 524 g/mol. The van der Waals surface area contributed by atoms with Crippen molar-refractivity contribution in [3.05, 3.63) is 41.5 Å². The van der Waals surface area contributed by atoms with Crippen LogP contribution in [0.2, 0.25) is 0 Å². The van der Waals surface area contributed by atoms with Crippen LogP contribution < -0.4 is 15.4 Å². The summed E-state index contributed by atoms with van der Waals surface area (Å²) in [6.07, 6.45) is 7.02. The molecule has 2 aromatic rings. The number of aromatic nitrogens is 3. The molecule has 0 bridgehead atoms. The number of hydrogen-bond acceptors (Lipinski definition) is 4. The first-order chi connectivity index (χ1) is 14.1. The molecule has 1 unspecified atom stereocenters. The third-order valence-electron chi connectivity index (χ3n) is 6.35. The molecule has 1 fully saturated rings. The highest BCUT2D eigenvalue weighted by Gasteiger charge is 2.36. The van der Waals surface area contributed by atoms with Crippen LogP contribution in [-0.4, -0.2) is 41.4 Å². The number of aliphatic imine (C=N–C) groups is 1. The van der Waals surface area contributed by atoms with Crippen LogP contribution in [0.3, 0.4) is 0 Å². The van der Waals surface area contributed by atoms with Crippen molar-refractivity contribution in [1.82, 2.24) is 25.4 Å². The Hall–Kier alpha value is -1.84. The van der Waals surface area contributed by atoms with Gasteiger partial charge in [-0.05, 0) is 50.3 Å². The van der Waals surface area contributed by atoms with E-state index >= 15 is 0 Å². The summed E-state index contributed by atoms with van der Waals surface area (Å²) in [5.41, 5.74) is 1.47. The lowest BCUT2D eigenvalue weighted by molar-refractivity contribution is 0.390. The SMILES string of the molecule is CN=C(NCC1(c2cccc(OC)c2)CCCC1)NC1CCCn2nc(C)nc21.I. The van der Waals surface area contributed by atoms with Gasteiger partial charge in [-0.15, -0.1) is 24.0 Å². The lowest BCUT2D eigenvalue weighted by Crippen LogP contribution is -2.46. The first-order valence-corrected chi connectivity index (χ1v) is 10.7. The molecule has 1 aliphatic heterocycles. The second kappa shape index (κ2) is 9.98. The van der Waals surface area contributed by atoms with Gasteiger partial charge in [-0.25, -0.2) is 9.67 Å². The van der Waals surface area contributed by atoms with Crippen LogP contribution in [0.15, 0.2) is 29.3 Å². The molecule has 7 nitrogen and oxygen atoms in total. The van der Waals surface area contributed by atoms with Gasteiger partial charge in [-0.3, -0.25) is 4.99 Å². The first-order valence-electron chi connectivity index (χ1n) is 10.7. The van der Waals surface area contributed by atoms with E-state index in [4.69, 9.17) is 4.74 Å². The molecule has 1 aromatic carbocycles. The first kappa shape index (κ1) is 22.8. The van der Waals surface area contributed by atoms with Gasteiger partial charge in [0.25, 0.3) is 0 Å². The Labute approximate surface area is 196 Å². The van der Waals surface area contributed by atoms with E-state index in [2.05, 4.69) is 43.9 Å². The molecule has 2 heterocycles. The fourth-order valence-corrected chi connectivity index (χ4v) is 4.79. The van der Waals surface area contributed by atoms with E-state index in [1.54, 1.807) is 7.11 Å². The smallest absolute Gasteiger partial charge is 0.191 e. The minimum atomic E-state index is 0. The molecule has 0 saturated heterocycles. The Balaban J connectivity index is 0.00000256. The normalized spacial score (nSPS) is 20.2. The molecule has 8 heteroatoms. The van der Waals surface area contributed by atoms with Gasteiger partial charge in [0.1, 0.15) is 17.4 Å². The second-order valence-electron chi connectivity index (χ2n) is 8.22. The molecule has 1 aromatic heterocycles. The molecule has 164 valence electrons. The molecular formula is C22H33IN6O. The molecule has 4 rings (SSSR count). The summed E-state index contributed by atoms with van der Waals surface area (Å²) in [5.74, 6) is 3.60. The zero-order chi connectivity index (χ0) is 20.3. The highest BCUT2D eigenvalue weighted by Crippen LogP contribution is 2.41. The third-order valence-corrected chi connectivity index (χ3v) is 6.35. The van der Waals surface area contributed by atoms with Gasteiger partial charge in [0.15, 0.2) is 5.96 Å². The number of benzene rings is 1. The van der Waals surface area contributed by atoms with Crippen molar-refractivity contribution in [3.63, 3.8) is 0 Å². The van der Waals surface area contributed by atoms with Crippen LogP contribution in [0, 0.1) is 6.92 Å². The fraction of sp³-hybridized carbons (Fsp3) is 0.591. The van der Waals surface area contributed by atoms with E-state index in [9.17, 15) is 0 Å². The van der Waals surface area contributed by atoms with E-state index < -0.39 is 0 Å². The van der Waals surface area contributed by atoms with Gasteiger partial charge in [0.2, 0.25) is 0 Å². The zero-order valence-electron chi connectivity index (χ0n) is 18.1. The highest BCUT2D eigenvalue weighted by atomic mass is 127. The molecular weight excluding hydrogens is 491 g/mol. The van der Waals surface area contributed by atoms with Gasteiger partial charge in [-0.1, -0.05) is 25.0 Å². The summed E-state index contributed by atoms with van der Waals surface area (Å²) in [6.45, 7) is 3.76. The Kier molecular flexibility index (Phi) is 7.60. The standard InChI is InChI=1S/C22H32N6O.HI/c1-16-25-20-19(10-7-13-28(20)27-16)26-21(23-2)24-15-22(11-4-5-12-22)17-8-6-9-18(14-17)29-3;/h6,8-9,14,19H,4-5,7,10-13,15H2,1-3H3,(H2,23,24,26);1H. The maximum atomic E-state index is 5.47. The number of nitrogens with one attached hydrogen (secondary N) is 2. The number of fused-ring (bicyclic) bond motifs is 1. The maximum absolute atomic E-state index is 5.47. The van der Waals surface area contributed by atoms with Gasteiger partial charge >= 0.3 is 0 Å². The van der Waals surface area contributed by atoms with Crippen molar-refractivity contribution >= 4 is 29.9 Å². The summed E-state index contributed by atoms with van der Waals surface area (Å²) in [5, 5.41) is 11.7. The van der Waals surface area contributed by atoms with Crippen LogP contribution in [0.5, 0.6) is 5.75 Å². The second-order valence-corrected chi connectivity index (χ2v) is 8.22. The number of guanidine groups is 1. The Morgan fingerprint density at radius 3 is 2.83 bits per heavy atom. The van der Waals surface area contributed by atoms with Crippen molar-refractivity contribution in [2.45, 2.75) is 63.5 Å². The minimum absolute atomic E-state index is 0. The van der Waals surface area contributed by atoms with Crippen LogP contribution in [0.4, 0.5) is 0 Å². The van der Waals surface area contributed by atoms with Crippen LogP contribution >= 0.6 is 24.0 Å². The molecule has 0 amide bonds.